The summed E-state index contributed by atoms with van der Waals surface area (Å²) >= 11 is 3.43. The quantitative estimate of drug-likeness (QED) is 0.874. The van der Waals surface area contributed by atoms with Gasteiger partial charge in [0.05, 0.1) is 13.2 Å². The molecule has 0 saturated heterocycles. The minimum Gasteiger partial charge on any atom is -0.496 e. The highest BCUT2D eigenvalue weighted by molar-refractivity contribution is 9.10. The van der Waals surface area contributed by atoms with E-state index in [9.17, 15) is 4.79 Å². The van der Waals surface area contributed by atoms with E-state index in [1.165, 1.54) is 0 Å². The molecule has 0 spiro atoms. The fourth-order valence-corrected chi connectivity index (χ4v) is 2.22. The molecule has 0 bridgehead atoms. The van der Waals surface area contributed by atoms with E-state index >= 15 is 0 Å². The maximum atomic E-state index is 12.3. The number of ether oxygens (including phenoxy) is 1. The fourth-order valence-electron chi connectivity index (χ4n) is 1.81. The van der Waals surface area contributed by atoms with Crippen LogP contribution in [0.15, 0.2) is 22.7 Å². The van der Waals surface area contributed by atoms with Crippen molar-refractivity contribution in [3.8, 4) is 5.75 Å². The average molecular weight is 380 g/mol. The summed E-state index contributed by atoms with van der Waals surface area (Å²) in [5.41, 5.74) is 6.70. The van der Waals surface area contributed by atoms with Crippen LogP contribution in [0.25, 0.3) is 0 Å². The number of benzene rings is 1. The van der Waals surface area contributed by atoms with Crippen molar-refractivity contribution >= 4 is 34.2 Å². The van der Waals surface area contributed by atoms with E-state index < -0.39 is 6.04 Å². The van der Waals surface area contributed by atoms with Gasteiger partial charge in [-0.3, -0.25) is 4.79 Å². The fraction of sp³-hybridized carbons (Fsp3) is 0.533. The zero-order chi connectivity index (χ0) is 15.5. The number of likely N-dealkylation sites (N-methyl/N-ethyl adjacent to an activating group) is 1. The molecule has 1 amide bonds. The summed E-state index contributed by atoms with van der Waals surface area (Å²) in [5, 5.41) is 0. The molecule has 120 valence electrons. The molecule has 1 aromatic carbocycles. The zero-order valence-corrected chi connectivity index (χ0v) is 15.5. The van der Waals surface area contributed by atoms with E-state index in [-0.39, 0.29) is 23.7 Å². The van der Waals surface area contributed by atoms with Crippen LogP contribution in [0.3, 0.4) is 0 Å². The first kappa shape index (κ1) is 20.2. The van der Waals surface area contributed by atoms with Gasteiger partial charge in [-0.1, -0.05) is 36.7 Å². The Kier molecular flexibility index (Phi) is 7.71. The van der Waals surface area contributed by atoms with Crippen LogP contribution in [0.1, 0.15) is 26.3 Å². The zero-order valence-electron chi connectivity index (χ0n) is 13.1. The first-order valence-corrected chi connectivity index (χ1v) is 7.29. The lowest BCUT2D eigenvalue weighted by atomic mass is 9.86. The predicted molar refractivity (Wildman–Crippen MR) is 91.8 cm³/mol. The Balaban J connectivity index is 0.00000400. The maximum absolute atomic E-state index is 12.3. The molecule has 0 saturated carbocycles. The molecule has 0 aromatic heterocycles. The van der Waals surface area contributed by atoms with Crippen LogP contribution in [-0.4, -0.2) is 31.0 Å². The molecule has 2 N–H and O–H groups in total. The van der Waals surface area contributed by atoms with Crippen molar-refractivity contribution in [3.63, 3.8) is 0 Å². The lowest BCUT2D eigenvalue weighted by Crippen LogP contribution is -2.48. The van der Waals surface area contributed by atoms with Crippen molar-refractivity contribution in [2.75, 3.05) is 14.2 Å². The number of halogens is 2. The van der Waals surface area contributed by atoms with Gasteiger partial charge in [-0.05, 0) is 23.6 Å². The van der Waals surface area contributed by atoms with Gasteiger partial charge in [0.15, 0.2) is 0 Å². The van der Waals surface area contributed by atoms with Gasteiger partial charge in [0, 0.05) is 23.6 Å². The SMILES string of the molecule is COc1ccc(Br)cc1CN(C)C(=O)[C@@H](N)C(C)(C)C.Cl. The maximum Gasteiger partial charge on any atom is 0.240 e. The van der Waals surface area contributed by atoms with Gasteiger partial charge in [-0.25, -0.2) is 0 Å². The predicted octanol–water partition coefficient (Wildman–Crippen LogP) is 3.21. The van der Waals surface area contributed by atoms with E-state index in [4.69, 9.17) is 10.5 Å². The minimum absolute atomic E-state index is 0. The number of hydrogen-bond donors (Lipinski definition) is 1. The Morgan fingerprint density at radius 2 is 2.00 bits per heavy atom. The van der Waals surface area contributed by atoms with E-state index in [2.05, 4.69) is 15.9 Å². The molecular weight excluding hydrogens is 356 g/mol. The molecule has 1 rings (SSSR count). The highest BCUT2D eigenvalue weighted by Crippen LogP contribution is 2.25. The van der Waals surface area contributed by atoms with Crippen LogP contribution in [0, 0.1) is 5.41 Å². The number of carbonyl (C=O) groups excluding carboxylic acids is 1. The molecule has 0 heterocycles. The van der Waals surface area contributed by atoms with Gasteiger partial charge < -0.3 is 15.4 Å². The first-order chi connectivity index (χ1) is 9.16. The highest BCUT2D eigenvalue weighted by Gasteiger charge is 2.29. The second-order valence-corrected chi connectivity index (χ2v) is 6.91. The number of rotatable bonds is 4. The number of carbonyl (C=O) groups is 1. The first-order valence-electron chi connectivity index (χ1n) is 6.49. The monoisotopic (exact) mass is 378 g/mol. The van der Waals surface area contributed by atoms with Gasteiger partial charge in [-0.15, -0.1) is 12.4 Å². The number of nitrogens with two attached hydrogens (primary N) is 1. The van der Waals surface area contributed by atoms with Crippen molar-refractivity contribution in [2.24, 2.45) is 11.1 Å². The summed E-state index contributed by atoms with van der Waals surface area (Å²) in [6, 6.07) is 5.21. The summed E-state index contributed by atoms with van der Waals surface area (Å²) in [5.74, 6) is 0.691. The third-order valence-corrected chi connectivity index (χ3v) is 3.72. The summed E-state index contributed by atoms with van der Waals surface area (Å²) in [6.07, 6.45) is 0. The van der Waals surface area contributed by atoms with Gasteiger partial charge in [0.1, 0.15) is 5.75 Å². The largest absolute Gasteiger partial charge is 0.496 e. The summed E-state index contributed by atoms with van der Waals surface area (Å²) in [6.45, 7) is 6.35. The number of amides is 1. The van der Waals surface area contributed by atoms with Crippen molar-refractivity contribution in [1.82, 2.24) is 4.90 Å². The van der Waals surface area contributed by atoms with E-state index in [0.29, 0.717) is 6.54 Å². The third-order valence-electron chi connectivity index (χ3n) is 3.23. The Hall–Kier alpha value is -0.780. The molecule has 0 aliphatic heterocycles. The standard InChI is InChI=1S/C15H23BrN2O2.ClH/c1-15(2,3)13(17)14(19)18(4)9-10-8-11(16)6-7-12(10)20-5;/h6-8,13H,9,17H2,1-5H3;1H/t13-;/m1./s1. The molecule has 4 nitrogen and oxygen atoms in total. The third kappa shape index (κ3) is 5.49. The summed E-state index contributed by atoms with van der Waals surface area (Å²) < 4.78 is 6.27. The van der Waals surface area contributed by atoms with Crippen molar-refractivity contribution in [1.29, 1.82) is 0 Å². The molecule has 0 unspecified atom stereocenters. The Morgan fingerprint density at radius 3 is 2.48 bits per heavy atom. The number of methoxy groups -OCH3 is 1. The average Bonchev–Trinajstić information content (AvgIpc) is 2.36. The highest BCUT2D eigenvalue weighted by atomic mass is 79.9. The summed E-state index contributed by atoms with van der Waals surface area (Å²) in [7, 11) is 3.38. The van der Waals surface area contributed by atoms with Gasteiger partial charge in [0.2, 0.25) is 5.91 Å². The van der Waals surface area contributed by atoms with E-state index in [0.717, 1.165) is 15.8 Å². The topological polar surface area (TPSA) is 55.6 Å². The van der Waals surface area contributed by atoms with Gasteiger partial charge in [0.25, 0.3) is 0 Å². The molecule has 1 aromatic rings. The van der Waals surface area contributed by atoms with Crippen LogP contribution >= 0.6 is 28.3 Å². The van der Waals surface area contributed by atoms with Crippen LogP contribution in [0.5, 0.6) is 5.75 Å². The van der Waals surface area contributed by atoms with Crippen LogP contribution < -0.4 is 10.5 Å². The number of hydrogen-bond acceptors (Lipinski definition) is 3. The van der Waals surface area contributed by atoms with Gasteiger partial charge in [-0.2, -0.15) is 0 Å². The lowest BCUT2D eigenvalue weighted by molar-refractivity contribution is -0.134. The molecule has 21 heavy (non-hydrogen) atoms. The molecule has 1 atom stereocenters. The van der Waals surface area contributed by atoms with Crippen molar-refractivity contribution < 1.29 is 9.53 Å². The van der Waals surface area contributed by atoms with Crippen LogP contribution in [-0.2, 0) is 11.3 Å². The van der Waals surface area contributed by atoms with Gasteiger partial charge >= 0.3 is 0 Å². The second-order valence-electron chi connectivity index (χ2n) is 5.99. The van der Waals surface area contributed by atoms with Crippen molar-refractivity contribution in [3.05, 3.63) is 28.2 Å². The van der Waals surface area contributed by atoms with Crippen molar-refractivity contribution in [2.45, 2.75) is 33.4 Å². The summed E-state index contributed by atoms with van der Waals surface area (Å²) in [4.78, 5) is 14.0. The van der Waals surface area contributed by atoms with E-state index in [1.807, 2.05) is 39.0 Å². The Morgan fingerprint density at radius 1 is 1.43 bits per heavy atom. The Bertz CT molecular complexity index is 489. The van der Waals surface area contributed by atoms with Crippen LogP contribution in [0.2, 0.25) is 0 Å². The lowest BCUT2D eigenvalue weighted by Gasteiger charge is -2.30. The van der Waals surface area contributed by atoms with E-state index in [1.54, 1.807) is 19.1 Å². The molecule has 0 radical (unpaired) electrons. The molecule has 6 heteroatoms. The second kappa shape index (κ2) is 8.01. The molecule has 0 aliphatic carbocycles. The molecule has 0 aliphatic rings. The number of nitrogens with zero attached hydrogens (tertiary/aromatic N) is 1. The molecular formula is C15H24BrClN2O2. The minimum atomic E-state index is -0.523. The smallest absolute Gasteiger partial charge is 0.240 e. The van der Waals surface area contributed by atoms with Crippen LogP contribution in [0.4, 0.5) is 0 Å². The normalized spacial score (nSPS) is 12.3. The Labute approximate surface area is 141 Å². The molecule has 0 fully saturated rings.